The molecule has 2 heteroatoms. The Kier molecular flexibility index (Phi) is 5.33. The van der Waals surface area contributed by atoms with E-state index in [1.807, 2.05) is 6.08 Å². The van der Waals surface area contributed by atoms with Gasteiger partial charge in [-0.05, 0) is 24.0 Å². The van der Waals surface area contributed by atoms with Crippen molar-refractivity contribution in [2.45, 2.75) is 25.9 Å². The third-order valence-electron chi connectivity index (χ3n) is 2.46. The van der Waals surface area contributed by atoms with E-state index in [-0.39, 0.29) is 8.80 Å². The van der Waals surface area contributed by atoms with E-state index in [4.69, 9.17) is 0 Å². The second kappa shape index (κ2) is 6.29. The summed E-state index contributed by atoms with van der Waals surface area (Å²) in [6, 6.07) is 6.88. The van der Waals surface area contributed by atoms with Gasteiger partial charge >= 0.3 is 0 Å². The van der Waals surface area contributed by atoms with Crippen LogP contribution in [-0.4, -0.2) is 14.1 Å². The molecule has 0 spiro atoms. The van der Waals surface area contributed by atoms with Crippen LogP contribution in [0.5, 0.6) is 0 Å². The van der Waals surface area contributed by atoms with Gasteiger partial charge in [0, 0.05) is 5.33 Å². The van der Waals surface area contributed by atoms with E-state index >= 15 is 0 Å². The van der Waals surface area contributed by atoms with Gasteiger partial charge in [0.15, 0.2) is 0 Å². The van der Waals surface area contributed by atoms with Crippen LogP contribution in [0.3, 0.4) is 0 Å². The first-order valence-electron chi connectivity index (χ1n) is 5.28. The molecule has 0 N–H and O–H groups in total. The summed E-state index contributed by atoms with van der Waals surface area (Å²) >= 11 is 3.51. The molecule has 0 saturated carbocycles. The monoisotopic (exact) mass is 281 g/mol. The van der Waals surface area contributed by atoms with E-state index in [0.29, 0.717) is 0 Å². The lowest BCUT2D eigenvalue weighted by Gasteiger charge is -2.12. The fourth-order valence-electron chi connectivity index (χ4n) is 1.70. The normalized spacial score (nSPS) is 10.7. The number of hydrogen-bond acceptors (Lipinski definition) is 0. The van der Waals surface area contributed by atoms with Gasteiger partial charge < -0.3 is 0 Å². The predicted molar refractivity (Wildman–Crippen MR) is 75.0 cm³/mol. The van der Waals surface area contributed by atoms with E-state index in [1.54, 1.807) is 5.19 Å². The first kappa shape index (κ1) is 12.7. The maximum absolute atomic E-state index is 3.79. The van der Waals surface area contributed by atoms with Crippen molar-refractivity contribution in [1.29, 1.82) is 0 Å². The quantitative estimate of drug-likeness (QED) is 0.441. The predicted octanol–water partition coefficient (Wildman–Crippen LogP) is 3.31. The number of rotatable bonds is 5. The van der Waals surface area contributed by atoms with Crippen LogP contribution in [0.2, 0.25) is 13.1 Å². The van der Waals surface area contributed by atoms with Crippen molar-refractivity contribution in [1.82, 2.24) is 0 Å². The maximum atomic E-state index is 3.79. The van der Waals surface area contributed by atoms with Gasteiger partial charge in [-0.1, -0.05) is 58.5 Å². The Morgan fingerprint density at radius 2 is 2.13 bits per heavy atom. The average molecular weight is 282 g/mol. The molecule has 0 atom stereocenters. The molecule has 15 heavy (non-hydrogen) atoms. The first-order valence-corrected chi connectivity index (χ1v) is 8.90. The molecule has 0 aromatic heterocycles. The smallest absolute Gasteiger partial charge is 0.0795 e. The summed E-state index contributed by atoms with van der Waals surface area (Å²) in [5, 5.41) is 2.63. The van der Waals surface area contributed by atoms with Gasteiger partial charge in [0.2, 0.25) is 0 Å². The molecule has 0 nitrogen and oxygen atoms in total. The molecule has 0 unspecified atom stereocenters. The summed E-state index contributed by atoms with van der Waals surface area (Å²) in [5.74, 6) is 0. The summed E-state index contributed by atoms with van der Waals surface area (Å²) in [4.78, 5) is 0. The second-order valence-corrected chi connectivity index (χ2v) is 7.25. The lowest BCUT2D eigenvalue weighted by Crippen LogP contribution is -2.27. The standard InChI is InChI=1S/C13H18BrSi/c1-4-5-11-6-7-12(8-9-14)13(10-11)15(2)3/h4,6-7,10H,1,5,8-9H2,2-3H3. The summed E-state index contributed by atoms with van der Waals surface area (Å²) in [7, 11) is -0.359. The highest BCUT2D eigenvalue weighted by Crippen LogP contribution is 2.07. The summed E-state index contributed by atoms with van der Waals surface area (Å²) in [6.45, 7) is 8.50. The third kappa shape index (κ3) is 3.62. The highest BCUT2D eigenvalue weighted by Gasteiger charge is 2.08. The van der Waals surface area contributed by atoms with Gasteiger partial charge in [-0.15, -0.1) is 6.58 Å². The van der Waals surface area contributed by atoms with Crippen LogP contribution in [0.25, 0.3) is 0 Å². The topological polar surface area (TPSA) is 0 Å². The van der Waals surface area contributed by atoms with Crippen LogP contribution in [0.1, 0.15) is 11.1 Å². The van der Waals surface area contributed by atoms with Gasteiger partial charge in [-0.3, -0.25) is 0 Å². The molecule has 1 aromatic carbocycles. The van der Waals surface area contributed by atoms with Gasteiger partial charge in [0.25, 0.3) is 0 Å². The number of aryl methyl sites for hydroxylation is 1. The fourth-order valence-corrected chi connectivity index (χ4v) is 3.45. The molecule has 0 aliphatic rings. The Labute approximate surface area is 103 Å². The van der Waals surface area contributed by atoms with E-state index in [9.17, 15) is 0 Å². The Morgan fingerprint density at radius 3 is 2.67 bits per heavy atom. The van der Waals surface area contributed by atoms with Crippen LogP contribution in [0, 0.1) is 0 Å². The first-order chi connectivity index (χ1) is 7.19. The molecule has 0 fully saturated rings. The summed E-state index contributed by atoms with van der Waals surface area (Å²) < 4.78 is 0. The lowest BCUT2D eigenvalue weighted by molar-refractivity contribution is 1.17. The van der Waals surface area contributed by atoms with Crippen molar-refractivity contribution in [3.63, 3.8) is 0 Å². The van der Waals surface area contributed by atoms with Crippen molar-refractivity contribution in [3.8, 4) is 0 Å². The van der Waals surface area contributed by atoms with E-state index < -0.39 is 0 Å². The summed E-state index contributed by atoms with van der Waals surface area (Å²) in [5.41, 5.74) is 2.91. The van der Waals surface area contributed by atoms with Crippen LogP contribution in [0.4, 0.5) is 0 Å². The SMILES string of the molecule is C=CCc1ccc(CCBr)c([Si](C)C)c1. The maximum Gasteiger partial charge on any atom is 0.0795 e. The Morgan fingerprint density at radius 1 is 1.40 bits per heavy atom. The van der Waals surface area contributed by atoms with Gasteiger partial charge in [0.1, 0.15) is 0 Å². The number of halogens is 1. The minimum atomic E-state index is -0.359. The molecule has 81 valence electrons. The third-order valence-corrected chi connectivity index (χ3v) is 4.40. The van der Waals surface area contributed by atoms with E-state index in [0.717, 1.165) is 18.2 Å². The molecule has 0 amide bonds. The molecule has 0 aliphatic carbocycles. The molecule has 0 saturated heterocycles. The van der Waals surface area contributed by atoms with Crippen molar-refractivity contribution < 1.29 is 0 Å². The van der Waals surface area contributed by atoms with Gasteiger partial charge in [-0.25, -0.2) is 0 Å². The molecule has 1 radical (unpaired) electrons. The molecular formula is C13H18BrSi. The Bertz CT molecular complexity index is 331. The highest BCUT2D eigenvalue weighted by atomic mass is 79.9. The molecular weight excluding hydrogens is 264 g/mol. The summed E-state index contributed by atoms with van der Waals surface area (Å²) in [6.07, 6.45) is 4.09. The minimum Gasteiger partial charge on any atom is -0.103 e. The molecule has 0 heterocycles. The van der Waals surface area contributed by atoms with Crippen LogP contribution < -0.4 is 5.19 Å². The van der Waals surface area contributed by atoms with Crippen LogP contribution >= 0.6 is 15.9 Å². The van der Waals surface area contributed by atoms with Crippen molar-refractivity contribution in [3.05, 3.63) is 42.0 Å². The minimum absolute atomic E-state index is 0.359. The molecule has 1 rings (SSSR count). The fraction of sp³-hybridized carbons (Fsp3) is 0.385. The molecule has 1 aromatic rings. The molecule has 0 aliphatic heterocycles. The number of hydrogen-bond donors (Lipinski definition) is 0. The zero-order valence-corrected chi connectivity index (χ0v) is 12.1. The van der Waals surface area contributed by atoms with Gasteiger partial charge in [0.05, 0.1) is 8.80 Å². The van der Waals surface area contributed by atoms with Crippen LogP contribution in [0.15, 0.2) is 30.9 Å². The van der Waals surface area contributed by atoms with Crippen LogP contribution in [-0.2, 0) is 12.8 Å². The van der Waals surface area contributed by atoms with Crippen molar-refractivity contribution in [2.75, 3.05) is 5.33 Å². The average Bonchev–Trinajstić information content (AvgIpc) is 2.21. The van der Waals surface area contributed by atoms with E-state index in [2.05, 4.69) is 53.8 Å². The number of allylic oxidation sites excluding steroid dienone is 1. The van der Waals surface area contributed by atoms with Crippen molar-refractivity contribution in [2.24, 2.45) is 0 Å². The Hall–Kier alpha value is -0.343. The van der Waals surface area contributed by atoms with Gasteiger partial charge in [-0.2, -0.15) is 0 Å². The van der Waals surface area contributed by atoms with E-state index in [1.165, 1.54) is 11.1 Å². The zero-order chi connectivity index (χ0) is 11.3. The number of benzene rings is 1. The lowest BCUT2D eigenvalue weighted by atomic mass is 10.1. The number of alkyl halides is 1. The second-order valence-electron chi connectivity index (χ2n) is 3.92. The highest BCUT2D eigenvalue weighted by molar-refractivity contribution is 9.09. The zero-order valence-electron chi connectivity index (χ0n) is 9.52. The van der Waals surface area contributed by atoms with Crippen molar-refractivity contribution >= 4 is 29.9 Å². The largest absolute Gasteiger partial charge is 0.103 e. The molecule has 0 bridgehead atoms. The Balaban J connectivity index is 3.02.